The van der Waals surface area contributed by atoms with Gasteiger partial charge in [-0.25, -0.2) is 8.78 Å². The van der Waals surface area contributed by atoms with Crippen molar-refractivity contribution in [2.45, 2.75) is 26.2 Å². The van der Waals surface area contributed by atoms with Crippen molar-refractivity contribution in [1.82, 2.24) is 19.9 Å². The molecule has 7 heteroatoms. The van der Waals surface area contributed by atoms with Gasteiger partial charge in [-0.2, -0.15) is 6.20 Å². The van der Waals surface area contributed by atoms with Crippen LogP contribution in [0, 0.1) is 24.9 Å². The van der Waals surface area contributed by atoms with Crippen LogP contribution in [0.3, 0.4) is 0 Å². The summed E-state index contributed by atoms with van der Waals surface area (Å²) >= 11 is 0. The quantitative estimate of drug-likeness (QED) is 0.254. The molecule has 0 saturated heterocycles. The zero-order valence-corrected chi connectivity index (χ0v) is 18.8. The number of rotatable bonds is 4. The molecule has 0 bridgehead atoms. The molecule has 0 unspecified atom stereocenters. The van der Waals surface area contributed by atoms with Gasteiger partial charge in [0, 0.05) is 16.8 Å². The first-order valence-corrected chi connectivity index (χ1v) is 9.13. The van der Waals surface area contributed by atoms with Crippen molar-refractivity contribution in [2.24, 2.45) is 0 Å². The SMILES string of the molecule is Cc1c[n-]c(-c2cccc(C(C)(C)c3cccc(-c4[c-]cc(F)nc4F)n3)n2)c1.[Pt+2]. The molecule has 4 nitrogen and oxygen atoms in total. The summed E-state index contributed by atoms with van der Waals surface area (Å²) < 4.78 is 27.2. The largest absolute Gasteiger partial charge is 2.00 e. The summed E-state index contributed by atoms with van der Waals surface area (Å²) in [7, 11) is 0. The van der Waals surface area contributed by atoms with Crippen molar-refractivity contribution in [3.05, 3.63) is 89.6 Å². The van der Waals surface area contributed by atoms with Gasteiger partial charge >= 0.3 is 21.1 Å². The van der Waals surface area contributed by atoms with Crippen LogP contribution in [-0.2, 0) is 26.5 Å². The van der Waals surface area contributed by atoms with Crippen LogP contribution in [0.2, 0.25) is 0 Å². The van der Waals surface area contributed by atoms with Crippen molar-refractivity contribution in [3.63, 3.8) is 0 Å². The van der Waals surface area contributed by atoms with E-state index in [-0.39, 0.29) is 26.6 Å². The Morgan fingerprint density at radius 2 is 1.57 bits per heavy atom. The predicted octanol–water partition coefficient (Wildman–Crippen LogP) is 4.87. The minimum absolute atomic E-state index is 0. The molecule has 4 heterocycles. The van der Waals surface area contributed by atoms with E-state index in [1.54, 1.807) is 12.1 Å². The van der Waals surface area contributed by atoms with Gasteiger partial charge in [0.15, 0.2) is 0 Å². The fourth-order valence-electron chi connectivity index (χ4n) is 3.13. The van der Waals surface area contributed by atoms with Crippen molar-refractivity contribution in [3.8, 4) is 22.6 Å². The van der Waals surface area contributed by atoms with Crippen LogP contribution in [0.5, 0.6) is 0 Å². The minimum atomic E-state index is -0.940. The molecule has 0 spiro atoms. The number of hydrogen-bond donors (Lipinski definition) is 0. The van der Waals surface area contributed by atoms with E-state index in [9.17, 15) is 8.78 Å². The van der Waals surface area contributed by atoms with Gasteiger partial charge in [0.25, 0.3) is 0 Å². The fourth-order valence-corrected chi connectivity index (χ4v) is 3.13. The van der Waals surface area contributed by atoms with Crippen LogP contribution in [0.25, 0.3) is 22.6 Å². The Kier molecular flexibility index (Phi) is 6.27. The van der Waals surface area contributed by atoms with Gasteiger partial charge < -0.3 is 9.97 Å². The normalized spacial score (nSPS) is 11.2. The maximum absolute atomic E-state index is 14.1. The third-order valence-corrected chi connectivity index (χ3v) is 4.82. The monoisotopic (exact) mass is 583 g/mol. The molecule has 0 aliphatic rings. The van der Waals surface area contributed by atoms with E-state index in [0.29, 0.717) is 11.4 Å². The average molecular weight is 583 g/mol. The van der Waals surface area contributed by atoms with Crippen LogP contribution < -0.4 is 4.98 Å². The molecular formula is C23H18F2N4Pt. The number of pyridine rings is 3. The first-order valence-electron chi connectivity index (χ1n) is 9.13. The Labute approximate surface area is 188 Å². The summed E-state index contributed by atoms with van der Waals surface area (Å²) in [5.41, 5.74) is 3.99. The maximum Gasteiger partial charge on any atom is 2.00 e. The molecule has 0 aliphatic heterocycles. The molecular weight excluding hydrogens is 565 g/mol. The van der Waals surface area contributed by atoms with Crippen LogP contribution in [0.15, 0.2) is 54.7 Å². The van der Waals surface area contributed by atoms with Gasteiger partial charge in [-0.1, -0.05) is 41.5 Å². The molecule has 154 valence electrons. The Balaban J connectivity index is 0.00000256. The third-order valence-electron chi connectivity index (χ3n) is 4.82. The van der Waals surface area contributed by atoms with Gasteiger partial charge in [0.1, 0.15) is 11.9 Å². The topological polar surface area (TPSA) is 52.8 Å². The number of aromatic nitrogens is 4. The first-order chi connectivity index (χ1) is 13.8. The summed E-state index contributed by atoms with van der Waals surface area (Å²) in [4.78, 5) is 17.0. The predicted molar refractivity (Wildman–Crippen MR) is 106 cm³/mol. The zero-order valence-electron chi connectivity index (χ0n) is 16.6. The van der Waals surface area contributed by atoms with Crippen LogP contribution >= 0.6 is 0 Å². The Morgan fingerprint density at radius 1 is 0.933 bits per heavy atom. The fraction of sp³-hybridized carbons (Fsp3) is 0.174. The van der Waals surface area contributed by atoms with Crippen LogP contribution in [-0.4, -0.2) is 15.0 Å². The second-order valence-corrected chi connectivity index (χ2v) is 7.36. The second-order valence-electron chi connectivity index (χ2n) is 7.36. The minimum Gasteiger partial charge on any atom is -0.662 e. The number of halogens is 2. The first kappa shape index (κ1) is 22.0. The number of nitrogens with zero attached hydrogens (tertiary/aromatic N) is 4. The smallest absolute Gasteiger partial charge is 0.662 e. The average Bonchev–Trinajstić information content (AvgIpc) is 3.14. The molecule has 0 fully saturated rings. The van der Waals surface area contributed by atoms with Gasteiger partial charge in [0.05, 0.1) is 5.69 Å². The van der Waals surface area contributed by atoms with E-state index in [0.717, 1.165) is 28.7 Å². The van der Waals surface area contributed by atoms with Gasteiger partial charge in [-0.05, 0) is 44.7 Å². The molecule has 4 aromatic heterocycles. The van der Waals surface area contributed by atoms with E-state index in [1.807, 2.05) is 57.3 Å². The van der Waals surface area contributed by atoms with Gasteiger partial charge in [0.2, 0.25) is 0 Å². The summed E-state index contributed by atoms with van der Waals surface area (Å²) in [6, 6.07) is 16.6. The maximum atomic E-state index is 14.1. The Hall–Kier alpha value is -2.72. The van der Waals surface area contributed by atoms with Crippen molar-refractivity contribution < 1.29 is 29.8 Å². The summed E-state index contributed by atoms with van der Waals surface area (Å²) in [6.45, 7) is 5.98. The summed E-state index contributed by atoms with van der Waals surface area (Å²) in [5, 5.41) is 0. The Morgan fingerprint density at radius 3 is 2.17 bits per heavy atom. The molecule has 0 N–H and O–H groups in total. The molecule has 0 saturated carbocycles. The van der Waals surface area contributed by atoms with E-state index in [2.05, 4.69) is 21.0 Å². The van der Waals surface area contributed by atoms with E-state index in [4.69, 9.17) is 4.98 Å². The standard InChI is InChI=1S/C23H18F2N4.Pt/c1-14-12-18(26-13-14)17-7-5-9-20(28-17)23(2,3)19-8-4-6-16(27-19)15-10-11-21(24)29-22(15)25;/h4-9,11-13H,1-3H3;/q-2;+2. The molecule has 4 rings (SSSR count). The van der Waals surface area contributed by atoms with E-state index >= 15 is 0 Å². The molecule has 4 aromatic rings. The van der Waals surface area contributed by atoms with Crippen LogP contribution in [0.1, 0.15) is 30.8 Å². The third kappa shape index (κ3) is 4.24. The van der Waals surface area contributed by atoms with E-state index in [1.165, 1.54) is 0 Å². The molecule has 0 atom stereocenters. The van der Waals surface area contributed by atoms with E-state index < -0.39 is 17.3 Å². The molecule has 30 heavy (non-hydrogen) atoms. The molecule has 0 aromatic carbocycles. The van der Waals surface area contributed by atoms with Crippen LogP contribution in [0.4, 0.5) is 8.78 Å². The van der Waals surface area contributed by atoms with Gasteiger partial charge in [-0.3, -0.25) is 9.97 Å². The molecule has 0 amide bonds. The molecule has 0 radical (unpaired) electrons. The number of hydrogen-bond acceptors (Lipinski definition) is 3. The zero-order chi connectivity index (χ0) is 20.6. The van der Waals surface area contributed by atoms with Crippen molar-refractivity contribution in [2.75, 3.05) is 0 Å². The summed E-state index contributed by atoms with van der Waals surface area (Å²) in [6.07, 6.45) is 1.81. The van der Waals surface area contributed by atoms with Gasteiger partial charge in [-0.15, -0.1) is 11.8 Å². The molecule has 0 aliphatic carbocycles. The van der Waals surface area contributed by atoms with Crippen molar-refractivity contribution >= 4 is 0 Å². The Bertz CT molecular complexity index is 1190. The van der Waals surface area contributed by atoms with Crippen molar-refractivity contribution in [1.29, 1.82) is 0 Å². The number of aryl methyl sites for hydroxylation is 1. The second kappa shape index (κ2) is 8.56. The summed E-state index contributed by atoms with van der Waals surface area (Å²) in [5.74, 6) is -1.86.